The van der Waals surface area contributed by atoms with Crippen LogP contribution in [0.2, 0.25) is 0 Å². The molecular formula is C7H5ClF2IN. The lowest BCUT2D eigenvalue weighted by atomic mass is 10.3. The first kappa shape index (κ1) is 10.1. The van der Waals surface area contributed by atoms with Crippen molar-refractivity contribution in [2.24, 2.45) is 0 Å². The average molecular weight is 303 g/mol. The van der Waals surface area contributed by atoms with E-state index < -0.39 is 6.43 Å². The Kier molecular flexibility index (Phi) is 3.64. The van der Waals surface area contributed by atoms with Crippen LogP contribution in [-0.4, -0.2) is 4.98 Å². The molecular weight excluding hydrogens is 298 g/mol. The van der Waals surface area contributed by atoms with Gasteiger partial charge in [-0.25, -0.2) is 13.8 Å². The Morgan fingerprint density at radius 1 is 1.50 bits per heavy atom. The standard InChI is InChI=1S/C7H5ClF2IN/c8-3-6-4(11)1-2-5(12-6)7(9)10/h1-2,7H,3H2. The maximum absolute atomic E-state index is 12.1. The smallest absolute Gasteiger partial charge is 0.249 e. The molecule has 12 heavy (non-hydrogen) atoms. The molecule has 0 spiro atoms. The Labute approximate surface area is 87.3 Å². The Balaban J connectivity index is 3.05. The van der Waals surface area contributed by atoms with Gasteiger partial charge in [0.15, 0.2) is 0 Å². The van der Waals surface area contributed by atoms with Gasteiger partial charge in [-0.1, -0.05) is 0 Å². The van der Waals surface area contributed by atoms with Crippen molar-refractivity contribution in [3.63, 3.8) is 0 Å². The van der Waals surface area contributed by atoms with E-state index in [9.17, 15) is 8.78 Å². The molecule has 0 atom stereocenters. The van der Waals surface area contributed by atoms with E-state index in [1.54, 1.807) is 6.07 Å². The van der Waals surface area contributed by atoms with Crippen LogP contribution in [0, 0.1) is 3.57 Å². The van der Waals surface area contributed by atoms with E-state index in [1.165, 1.54) is 6.07 Å². The molecule has 0 aliphatic rings. The van der Waals surface area contributed by atoms with Crippen molar-refractivity contribution in [1.29, 1.82) is 0 Å². The van der Waals surface area contributed by atoms with Crippen LogP contribution in [0.25, 0.3) is 0 Å². The minimum absolute atomic E-state index is 0.166. The molecule has 1 heterocycles. The monoisotopic (exact) mass is 303 g/mol. The quantitative estimate of drug-likeness (QED) is 0.603. The maximum Gasteiger partial charge on any atom is 0.280 e. The second-order valence-electron chi connectivity index (χ2n) is 2.10. The molecule has 0 amide bonds. The summed E-state index contributed by atoms with van der Waals surface area (Å²) in [5.74, 6) is 0.166. The van der Waals surface area contributed by atoms with Gasteiger partial charge in [0.1, 0.15) is 5.69 Å². The van der Waals surface area contributed by atoms with E-state index in [0.717, 1.165) is 3.57 Å². The third-order valence-electron chi connectivity index (χ3n) is 1.29. The second-order valence-corrected chi connectivity index (χ2v) is 3.53. The predicted molar refractivity (Wildman–Crippen MR) is 51.5 cm³/mol. The predicted octanol–water partition coefficient (Wildman–Crippen LogP) is 3.36. The minimum Gasteiger partial charge on any atom is -0.249 e. The van der Waals surface area contributed by atoms with E-state index in [2.05, 4.69) is 4.98 Å². The molecule has 0 saturated carbocycles. The fourth-order valence-corrected chi connectivity index (χ4v) is 1.64. The van der Waals surface area contributed by atoms with Gasteiger partial charge < -0.3 is 0 Å². The van der Waals surface area contributed by atoms with Crippen LogP contribution in [0.15, 0.2) is 12.1 Å². The number of nitrogens with zero attached hydrogens (tertiary/aromatic N) is 1. The minimum atomic E-state index is -2.52. The van der Waals surface area contributed by atoms with E-state index in [-0.39, 0.29) is 11.6 Å². The first-order valence-corrected chi connectivity index (χ1v) is 4.76. The number of halogens is 4. The first-order chi connectivity index (χ1) is 5.65. The van der Waals surface area contributed by atoms with Crippen LogP contribution in [0.4, 0.5) is 8.78 Å². The summed E-state index contributed by atoms with van der Waals surface area (Å²) in [5, 5.41) is 0. The molecule has 0 saturated heterocycles. The number of alkyl halides is 3. The summed E-state index contributed by atoms with van der Waals surface area (Å²) >= 11 is 7.51. The fraction of sp³-hybridized carbons (Fsp3) is 0.286. The largest absolute Gasteiger partial charge is 0.280 e. The van der Waals surface area contributed by atoms with Crippen LogP contribution in [0.3, 0.4) is 0 Å². The van der Waals surface area contributed by atoms with Crippen LogP contribution >= 0.6 is 34.2 Å². The molecule has 1 nitrogen and oxygen atoms in total. The lowest BCUT2D eigenvalue weighted by Gasteiger charge is -2.02. The zero-order valence-electron chi connectivity index (χ0n) is 5.90. The third-order valence-corrected chi connectivity index (χ3v) is 2.53. The summed E-state index contributed by atoms with van der Waals surface area (Å²) in [6.45, 7) is 0. The molecule has 0 bridgehead atoms. The fourth-order valence-electron chi connectivity index (χ4n) is 0.716. The van der Waals surface area contributed by atoms with Crippen molar-refractivity contribution in [1.82, 2.24) is 4.98 Å². The topological polar surface area (TPSA) is 12.9 Å². The van der Waals surface area contributed by atoms with Gasteiger partial charge in [0.05, 0.1) is 11.6 Å². The van der Waals surface area contributed by atoms with Crippen LogP contribution in [-0.2, 0) is 5.88 Å². The summed E-state index contributed by atoms with van der Waals surface area (Å²) in [7, 11) is 0. The van der Waals surface area contributed by atoms with Crippen LogP contribution < -0.4 is 0 Å². The Bertz CT molecular complexity index is 280. The van der Waals surface area contributed by atoms with E-state index in [0.29, 0.717) is 5.69 Å². The molecule has 0 aliphatic heterocycles. The van der Waals surface area contributed by atoms with Gasteiger partial charge in [0, 0.05) is 3.57 Å². The molecule has 5 heteroatoms. The molecule has 1 aromatic rings. The van der Waals surface area contributed by atoms with Crippen molar-refractivity contribution >= 4 is 34.2 Å². The van der Waals surface area contributed by atoms with E-state index >= 15 is 0 Å². The van der Waals surface area contributed by atoms with Gasteiger partial charge in [0.2, 0.25) is 0 Å². The number of pyridine rings is 1. The highest BCUT2D eigenvalue weighted by Gasteiger charge is 2.10. The maximum atomic E-state index is 12.1. The summed E-state index contributed by atoms with van der Waals surface area (Å²) in [6, 6.07) is 2.90. The molecule has 0 aliphatic carbocycles. The molecule has 66 valence electrons. The highest BCUT2D eigenvalue weighted by Crippen LogP contribution is 2.20. The molecule has 0 N–H and O–H groups in total. The SMILES string of the molecule is FC(F)c1ccc(I)c(CCl)n1. The average Bonchev–Trinajstić information content (AvgIpc) is 2.05. The normalized spacial score (nSPS) is 10.8. The lowest BCUT2D eigenvalue weighted by molar-refractivity contribution is 0.146. The lowest BCUT2D eigenvalue weighted by Crippen LogP contribution is -1.96. The van der Waals surface area contributed by atoms with Gasteiger partial charge in [0.25, 0.3) is 6.43 Å². The molecule has 1 aromatic heterocycles. The van der Waals surface area contributed by atoms with Crippen molar-refractivity contribution in [3.05, 3.63) is 27.1 Å². The van der Waals surface area contributed by atoms with Gasteiger partial charge >= 0.3 is 0 Å². The molecule has 0 fully saturated rings. The van der Waals surface area contributed by atoms with E-state index in [1.807, 2.05) is 22.6 Å². The van der Waals surface area contributed by atoms with Gasteiger partial charge in [-0.05, 0) is 34.7 Å². The highest BCUT2D eigenvalue weighted by atomic mass is 127. The second kappa shape index (κ2) is 4.32. The van der Waals surface area contributed by atoms with Gasteiger partial charge in [-0.2, -0.15) is 0 Å². The molecule has 1 rings (SSSR count). The number of rotatable bonds is 2. The first-order valence-electron chi connectivity index (χ1n) is 3.14. The van der Waals surface area contributed by atoms with Gasteiger partial charge in [-0.15, -0.1) is 11.6 Å². The molecule has 0 unspecified atom stereocenters. The Hall–Kier alpha value is 0.0300. The number of aromatic nitrogens is 1. The Morgan fingerprint density at radius 3 is 2.67 bits per heavy atom. The molecule has 0 radical (unpaired) electrons. The summed E-state index contributed by atoms with van der Waals surface area (Å²) in [4.78, 5) is 3.70. The summed E-state index contributed by atoms with van der Waals surface area (Å²) < 4.78 is 25.0. The zero-order valence-corrected chi connectivity index (χ0v) is 8.81. The van der Waals surface area contributed by atoms with Crippen LogP contribution in [0.1, 0.15) is 17.8 Å². The van der Waals surface area contributed by atoms with Crippen molar-refractivity contribution in [2.45, 2.75) is 12.3 Å². The number of hydrogen-bond acceptors (Lipinski definition) is 1. The Morgan fingerprint density at radius 2 is 2.17 bits per heavy atom. The highest BCUT2D eigenvalue weighted by molar-refractivity contribution is 14.1. The van der Waals surface area contributed by atoms with Gasteiger partial charge in [-0.3, -0.25) is 0 Å². The van der Waals surface area contributed by atoms with Crippen LogP contribution in [0.5, 0.6) is 0 Å². The van der Waals surface area contributed by atoms with E-state index in [4.69, 9.17) is 11.6 Å². The third kappa shape index (κ3) is 2.26. The molecule has 0 aromatic carbocycles. The summed E-state index contributed by atoms with van der Waals surface area (Å²) in [5.41, 5.74) is 0.293. The zero-order chi connectivity index (χ0) is 9.14. The summed E-state index contributed by atoms with van der Waals surface area (Å²) in [6.07, 6.45) is -2.52. The van der Waals surface area contributed by atoms with Crippen molar-refractivity contribution < 1.29 is 8.78 Å². The van der Waals surface area contributed by atoms with Crippen molar-refractivity contribution in [3.8, 4) is 0 Å². The van der Waals surface area contributed by atoms with Crippen molar-refractivity contribution in [2.75, 3.05) is 0 Å². The number of hydrogen-bond donors (Lipinski definition) is 0.